The molecule has 0 spiro atoms. The van der Waals surface area contributed by atoms with Crippen LogP contribution in [0.5, 0.6) is 5.75 Å². The second kappa shape index (κ2) is 7.85. The predicted molar refractivity (Wildman–Crippen MR) is 92.4 cm³/mol. The van der Waals surface area contributed by atoms with Crippen LogP contribution in [0.15, 0.2) is 24.3 Å². The van der Waals surface area contributed by atoms with Gasteiger partial charge in [0.15, 0.2) is 6.23 Å². The Morgan fingerprint density at radius 1 is 1.17 bits per heavy atom. The van der Waals surface area contributed by atoms with Crippen LogP contribution >= 0.6 is 0 Å². The van der Waals surface area contributed by atoms with Gasteiger partial charge in [0.2, 0.25) is 6.41 Å². The molecule has 1 saturated heterocycles. The number of carbonyl (C=O) groups excluding carboxylic acids is 1. The zero-order valence-corrected chi connectivity index (χ0v) is 14.2. The molecule has 0 radical (unpaired) electrons. The Kier molecular flexibility index (Phi) is 5.58. The van der Waals surface area contributed by atoms with Gasteiger partial charge in [-0.15, -0.1) is 0 Å². The molecule has 2 aliphatic rings. The van der Waals surface area contributed by atoms with Crippen molar-refractivity contribution in [3.05, 3.63) is 29.8 Å². The highest BCUT2D eigenvalue weighted by Gasteiger charge is 2.40. The van der Waals surface area contributed by atoms with Crippen LogP contribution in [0.25, 0.3) is 0 Å². The zero-order chi connectivity index (χ0) is 16.1. The molecule has 3 heteroatoms. The van der Waals surface area contributed by atoms with Crippen molar-refractivity contribution in [1.29, 1.82) is 0 Å². The van der Waals surface area contributed by atoms with Crippen molar-refractivity contribution in [3.8, 4) is 5.75 Å². The van der Waals surface area contributed by atoms with Crippen molar-refractivity contribution in [2.24, 2.45) is 5.92 Å². The first-order valence-corrected chi connectivity index (χ1v) is 9.29. The number of unbranched alkanes of at least 4 members (excludes halogenated alkanes) is 3. The summed E-state index contributed by atoms with van der Waals surface area (Å²) in [5.74, 6) is 1.71. The molecule has 2 fully saturated rings. The number of piperidine rings is 1. The van der Waals surface area contributed by atoms with Gasteiger partial charge >= 0.3 is 0 Å². The molecule has 3 rings (SSSR count). The number of amides is 1. The van der Waals surface area contributed by atoms with Crippen LogP contribution in [-0.2, 0) is 11.2 Å². The van der Waals surface area contributed by atoms with Crippen LogP contribution in [0.1, 0.15) is 63.9 Å². The molecule has 1 aromatic carbocycles. The molecular weight excluding hydrogens is 286 g/mol. The van der Waals surface area contributed by atoms with E-state index < -0.39 is 0 Å². The van der Waals surface area contributed by atoms with Crippen LogP contribution in [-0.4, -0.2) is 23.6 Å². The van der Waals surface area contributed by atoms with Gasteiger partial charge in [0.1, 0.15) is 5.75 Å². The second-order valence-corrected chi connectivity index (χ2v) is 7.11. The van der Waals surface area contributed by atoms with E-state index in [2.05, 4.69) is 25.1 Å². The van der Waals surface area contributed by atoms with Crippen LogP contribution < -0.4 is 4.74 Å². The Balaban J connectivity index is 1.66. The van der Waals surface area contributed by atoms with E-state index >= 15 is 0 Å². The number of likely N-dealkylation sites (tertiary alicyclic amines) is 1. The smallest absolute Gasteiger partial charge is 0.212 e. The van der Waals surface area contributed by atoms with E-state index in [1.807, 2.05) is 11.0 Å². The molecule has 3 nitrogen and oxygen atoms in total. The summed E-state index contributed by atoms with van der Waals surface area (Å²) in [7, 11) is 0. The number of hydrogen-bond acceptors (Lipinski definition) is 2. The van der Waals surface area contributed by atoms with E-state index in [0.717, 1.165) is 43.8 Å². The predicted octanol–water partition coefficient (Wildman–Crippen LogP) is 4.55. The number of fused-ring (bicyclic) bond motifs is 2. The fourth-order valence-corrected chi connectivity index (χ4v) is 4.15. The van der Waals surface area contributed by atoms with E-state index in [4.69, 9.17) is 4.74 Å². The molecule has 1 aromatic rings. The van der Waals surface area contributed by atoms with Crippen molar-refractivity contribution in [1.82, 2.24) is 4.90 Å². The minimum absolute atomic E-state index is 0.0736. The number of aryl methyl sites for hydroxylation is 1. The summed E-state index contributed by atoms with van der Waals surface area (Å²) >= 11 is 0. The average molecular weight is 315 g/mol. The Bertz CT molecular complexity index is 516. The van der Waals surface area contributed by atoms with Gasteiger partial charge in [0, 0.05) is 12.5 Å². The minimum Gasteiger partial charge on any atom is -0.470 e. The Hall–Kier alpha value is -1.51. The monoisotopic (exact) mass is 315 g/mol. The lowest BCUT2D eigenvalue weighted by atomic mass is 9.98. The molecule has 3 atom stereocenters. The molecule has 1 amide bonds. The first-order valence-electron chi connectivity index (χ1n) is 9.29. The summed E-state index contributed by atoms with van der Waals surface area (Å²) in [6.07, 6.45) is 11.6. The zero-order valence-electron chi connectivity index (χ0n) is 14.2. The highest BCUT2D eigenvalue weighted by atomic mass is 16.5. The number of hydrogen-bond donors (Lipinski definition) is 0. The van der Waals surface area contributed by atoms with Gasteiger partial charge in [0.25, 0.3) is 0 Å². The maximum Gasteiger partial charge on any atom is 0.212 e. The van der Waals surface area contributed by atoms with Crippen molar-refractivity contribution in [2.75, 3.05) is 0 Å². The molecule has 126 valence electrons. The number of nitrogens with zero attached hydrogens (tertiary/aromatic N) is 1. The fraction of sp³-hybridized carbons (Fsp3) is 0.650. The van der Waals surface area contributed by atoms with E-state index in [1.54, 1.807) is 0 Å². The van der Waals surface area contributed by atoms with Crippen LogP contribution in [0.4, 0.5) is 0 Å². The summed E-state index contributed by atoms with van der Waals surface area (Å²) in [6, 6.07) is 8.75. The lowest BCUT2D eigenvalue weighted by Gasteiger charge is -2.38. The largest absolute Gasteiger partial charge is 0.470 e. The van der Waals surface area contributed by atoms with Gasteiger partial charge in [-0.1, -0.05) is 44.4 Å². The summed E-state index contributed by atoms with van der Waals surface area (Å²) in [6.45, 7) is 2.24. The number of benzene rings is 1. The van der Waals surface area contributed by atoms with Crippen molar-refractivity contribution in [2.45, 2.75) is 77.0 Å². The summed E-state index contributed by atoms with van der Waals surface area (Å²) < 4.78 is 6.32. The van der Waals surface area contributed by atoms with Crippen molar-refractivity contribution >= 4 is 6.41 Å². The maximum absolute atomic E-state index is 11.5. The first-order chi connectivity index (χ1) is 11.3. The van der Waals surface area contributed by atoms with Gasteiger partial charge < -0.3 is 9.64 Å². The third kappa shape index (κ3) is 3.88. The molecule has 0 aromatic heterocycles. The average Bonchev–Trinajstić information content (AvgIpc) is 2.95. The molecule has 1 aliphatic heterocycles. The summed E-state index contributed by atoms with van der Waals surface area (Å²) in [4.78, 5) is 13.5. The van der Waals surface area contributed by atoms with Gasteiger partial charge in [-0.25, -0.2) is 0 Å². The summed E-state index contributed by atoms with van der Waals surface area (Å²) in [5.41, 5.74) is 1.28. The highest BCUT2D eigenvalue weighted by Crippen LogP contribution is 2.39. The number of ether oxygens (including phenoxy) is 1. The van der Waals surface area contributed by atoms with Crippen LogP contribution in [0.2, 0.25) is 0 Å². The molecule has 2 bridgehead atoms. The molecule has 23 heavy (non-hydrogen) atoms. The SMILES string of the molecule is CCCCCCc1ccccc1OC1CC2CCC(C2)N1C=O. The number of rotatable bonds is 8. The maximum atomic E-state index is 11.5. The van der Waals surface area contributed by atoms with E-state index in [1.165, 1.54) is 37.7 Å². The van der Waals surface area contributed by atoms with E-state index in [0.29, 0.717) is 6.04 Å². The van der Waals surface area contributed by atoms with Gasteiger partial charge in [0.05, 0.1) is 0 Å². The molecule has 3 unspecified atom stereocenters. The Morgan fingerprint density at radius 3 is 2.87 bits per heavy atom. The lowest BCUT2D eigenvalue weighted by Crippen LogP contribution is -2.47. The first kappa shape index (κ1) is 16.4. The normalized spacial score (nSPS) is 26.3. The van der Waals surface area contributed by atoms with Gasteiger partial charge in [-0.05, 0) is 49.7 Å². The molecule has 1 saturated carbocycles. The van der Waals surface area contributed by atoms with Gasteiger partial charge in [-0.3, -0.25) is 4.79 Å². The van der Waals surface area contributed by atoms with E-state index in [9.17, 15) is 4.79 Å². The fourth-order valence-electron chi connectivity index (χ4n) is 4.15. The number of para-hydroxylation sites is 1. The summed E-state index contributed by atoms with van der Waals surface area (Å²) in [5, 5.41) is 0. The standard InChI is InChI=1S/C20H29NO2/c1-2-3-4-5-8-17-9-6-7-10-19(17)23-20-14-16-11-12-18(13-16)21(20)15-22/h6-7,9-10,15-16,18,20H,2-5,8,11-14H2,1H3. The Labute approximate surface area is 140 Å². The minimum atomic E-state index is -0.0736. The van der Waals surface area contributed by atoms with Crippen LogP contribution in [0, 0.1) is 5.92 Å². The molecule has 0 N–H and O–H groups in total. The van der Waals surface area contributed by atoms with Crippen molar-refractivity contribution in [3.63, 3.8) is 0 Å². The van der Waals surface area contributed by atoms with Gasteiger partial charge in [-0.2, -0.15) is 0 Å². The van der Waals surface area contributed by atoms with Crippen molar-refractivity contribution < 1.29 is 9.53 Å². The third-order valence-electron chi connectivity index (χ3n) is 5.46. The molecule has 1 heterocycles. The number of carbonyl (C=O) groups is 1. The lowest BCUT2D eigenvalue weighted by molar-refractivity contribution is -0.132. The van der Waals surface area contributed by atoms with E-state index in [-0.39, 0.29) is 6.23 Å². The quantitative estimate of drug-likeness (QED) is 0.520. The topological polar surface area (TPSA) is 29.5 Å². The second-order valence-electron chi connectivity index (χ2n) is 7.11. The highest BCUT2D eigenvalue weighted by molar-refractivity contribution is 5.49. The Morgan fingerprint density at radius 2 is 2.04 bits per heavy atom. The third-order valence-corrected chi connectivity index (χ3v) is 5.46. The van der Waals surface area contributed by atoms with Crippen LogP contribution in [0.3, 0.4) is 0 Å². The molecular formula is C20H29NO2. The molecule has 1 aliphatic carbocycles.